The van der Waals surface area contributed by atoms with E-state index in [-0.39, 0.29) is 34.1 Å². The van der Waals surface area contributed by atoms with Crippen molar-refractivity contribution in [3.8, 4) is 0 Å². The molecule has 6 saturated carbocycles. The number of nitrogens with zero attached hydrogens (tertiary/aromatic N) is 1. The van der Waals surface area contributed by atoms with Crippen molar-refractivity contribution in [1.82, 2.24) is 4.90 Å². The smallest absolute Gasteiger partial charge is 0.145 e. The molecule has 0 aromatic heterocycles. The van der Waals surface area contributed by atoms with Crippen molar-refractivity contribution in [2.45, 2.75) is 51.2 Å². The minimum Gasteiger partial charge on any atom is -0.388 e. The fraction of sp³-hybridized carbons (Fsp3) is 0.810. The molecular weight excluding hydrogens is 314 g/mol. The van der Waals surface area contributed by atoms with Gasteiger partial charge in [0.2, 0.25) is 0 Å². The summed E-state index contributed by atoms with van der Waals surface area (Å²) in [5.41, 5.74) is 0.357. The van der Waals surface area contributed by atoms with E-state index in [4.69, 9.17) is 0 Å². The molecule has 2 spiro atoms. The molecule has 7 rings (SSSR count). The number of fused-ring (bicyclic) bond motifs is 1. The Hall–Kier alpha value is -1.00. The lowest BCUT2D eigenvalue weighted by atomic mass is 9.39. The van der Waals surface area contributed by atoms with Crippen LogP contribution < -0.4 is 0 Å². The molecule has 1 saturated heterocycles. The van der Waals surface area contributed by atoms with Crippen molar-refractivity contribution in [3.05, 3.63) is 12.2 Å². The highest BCUT2D eigenvalue weighted by Gasteiger charge is 2.83. The number of carbonyl (C=O) groups excluding carboxylic acids is 2. The van der Waals surface area contributed by atoms with E-state index in [9.17, 15) is 14.7 Å². The molecule has 0 aromatic rings. The van der Waals surface area contributed by atoms with Gasteiger partial charge in [-0.25, -0.2) is 0 Å². The van der Waals surface area contributed by atoms with Crippen LogP contribution in [0.1, 0.15) is 39.0 Å². The van der Waals surface area contributed by atoms with E-state index in [1.54, 1.807) is 0 Å². The second-order valence-corrected chi connectivity index (χ2v) is 10.4. The first-order valence-electron chi connectivity index (χ1n) is 9.90. The fourth-order valence-electron chi connectivity index (χ4n) is 9.59. The Bertz CT molecular complexity index is 760. The Labute approximate surface area is 148 Å². The molecule has 9 atom stereocenters. The zero-order valence-corrected chi connectivity index (χ0v) is 15.1. The van der Waals surface area contributed by atoms with E-state index in [1.165, 1.54) is 0 Å². The third kappa shape index (κ3) is 1.25. The molecule has 7 fully saturated rings. The Kier molecular flexibility index (Phi) is 2.39. The second-order valence-electron chi connectivity index (χ2n) is 10.4. The number of piperidine rings is 1. The molecule has 134 valence electrons. The van der Waals surface area contributed by atoms with E-state index in [0.29, 0.717) is 36.2 Å². The highest BCUT2D eigenvalue weighted by molar-refractivity contribution is 5.93. The fourth-order valence-corrected chi connectivity index (χ4v) is 9.59. The van der Waals surface area contributed by atoms with Gasteiger partial charge >= 0.3 is 0 Å². The SMILES string of the molecule is C=C1[C@@H]2C[C@H]3[C@@]45CC(=O)C[C@@]6(C)CN(C)[C@@H]4[C@@H](C2=O)[C@@]3(CC[C@@H]65)[C@@H]1O. The van der Waals surface area contributed by atoms with E-state index in [0.717, 1.165) is 31.4 Å². The highest BCUT2D eigenvalue weighted by Crippen LogP contribution is 2.81. The second kappa shape index (κ2) is 3.96. The summed E-state index contributed by atoms with van der Waals surface area (Å²) in [4.78, 5) is 28.7. The Morgan fingerprint density at radius 3 is 2.72 bits per heavy atom. The van der Waals surface area contributed by atoms with Crippen LogP contribution >= 0.6 is 0 Å². The van der Waals surface area contributed by atoms with Gasteiger partial charge in [-0.15, -0.1) is 0 Å². The number of ketones is 2. The molecule has 4 nitrogen and oxygen atoms in total. The number of aliphatic hydroxyl groups is 1. The maximum atomic E-state index is 13.4. The molecule has 6 bridgehead atoms. The average molecular weight is 341 g/mol. The summed E-state index contributed by atoms with van der Waals surface area (Å²) >= 11 is 0. The number of carbonyl (C=O) groups is 2. The minimum absolute atomic E-state index is 0.0317. The molecule has 4 heteroatoms. The molecule has 1 N–H and O–H groups in total. The lowest BCUT2D eigenvalue weighted by Crippen LogP contribution is -2.67. The third-order valence-corrected chi connectivity index (χ3v) is 9.72. The molecule has 0 amide bonds. The van der Waals surface area contributed by atoms with Gasteiger partial charge in [0.25, 0.3) is 0 Å². The van der Waals surface area contributed by atoms with E-state index in [1.807, 2.05) is 0 Å². The Balaban J connectivity index is 1.66. The number of rotatable bonds is 0. The number of hydrogen-bond acceptors (Lipinski definition) is 4. The predicted molar refractivity (Wildman–Crippen MR) is 91.6 cm³/mol. The van der Waals surface area contributed by atoms with Crippen LogP contribution in [-0.4, -0.2) is 47.3 Å². The van der Waals surface area contributed by atoms with Crippen molar-refractivity contribution in [1.29, 1.82) is 0 Å². The number of Topliss-reactive ketones (excluding diaryl/α,β-unsaturated/α-hetero) is 2. The van der Waals surface area contributed by atoms with Gasteiger partial charge in [0.05, 0.1) is 6.10 Å². The standard InChI is InChI=1S/C21H27NO3/c1-10-12-6-14-20(18(10)25)5-4-13-19(2)7-11(23)8-21(13,14)17(22(3)9-19)15(20)16(12)24/h12-15,17-18,25H,1,4-9H2,2-3H3/t12-,13-,14+,15+,17+,18+,19-,20-,21-/m0/s1. The van der Waals surface area contributed by atoms with Crippen LogP contribution in [-0.2, 0) is 9.59 Å². The lowest BCUT2D eigenvalue weighted by molar-refractivity contribution is -0.194. The topological polar surface area (TPSA) is 57.6 Å². The molecule has 6 aliphatic carbocycles. The predicted octanol–water partition coefficient (Wildman–Crippen LogP) is 1.82. The van der Waals surface area contributed by atoms with Gasteiger partial charge in [-0.1, -0.05) is 13.5 Å². The summed E-state index contributed by atoms with van der Waals surface area (Å²) < 4.78 is 0. The molecule has 0 aromatic carbocycles. The van der Waals surface area contributed by atoms with Crippen LogP contribution in [0.2, 0.25) is 0 Å². The maximum Gasteiger partial charge on any atom is 0.145 e. The lowest BCUT2D eigenvalue weighted by Gasteiger charge is -2.67. The molecule has 25 heavy (non-hydrogen) atoms. The van der Waals surface area contributed by atoms with Gasteiger partial charge in [-0.2, -0.15) is 0 Å². The zero-order valence-electron chi connectivity index (χ0n) is 15.1. The van der Waals surface area contributed by atoms with Crippen LogP contribution in [0.15, 0.2) is 12.2 Å². The average Bonchev–Trinajstić information content (AvgIpc) is 2.62. The van der Waals surface area contributed by atoms with Gasteiger partial charge < -0.3 is 10.0 Å². The van der Waals surface area contributed by atoms with E-state index >= 15 is 0 Å². The Morgan fingerprint density at radius 1 is 1.20 bits per heavy atom. The summed E-state index contributed by atoms with van der Waals surface area (Å²) in [7, 11) is 2.16. The van der Waals surface area contributed by atoms with Crippen molar-refractivity contribution >= 4 is 11.6 Å². The quantitative estimate of drug-likeness (QED) is 0.683. The first-order chi connectivity index (χ1) is 11.8. The van der Waals surface area contributed by atoms with Crippen LogP contribution in [0.5, 0.6) is 0 Å². The van der Waals surface area contributed by atoms with Gasteiger partial charge in [0.15, 0.2) is 0 Å². The Morgan fingerprint density at radius 2 is 1.96 bits per heavy atom. The van der Waals surface area contributed by atoms with Crippen molar-refractivity contribution in [2.24, 2.45) is 39.9 Å². The van der Waals surface area contributed by atoms with Crippen molar-refractivity contribution in [2.75, 3.05) is 13.6 Å². The zero-order chi connectivity index (χ0) is 17.5. The van der Waals surface area contributed by atoms with Crippen LogP contribution in [0.25, 0.3) is 0 Å². The van der Waals surface area contributed by atoms with Crippen LogP contribution in [0.4, 0.5) is 0 Å². The highest BCUT2D eigenvalue weighted by atomic mass is 16.3. The van der Waals surface area contributed by atoms with Gasteiger partial charge in [0.1, 0.15) is 11.6 Å². The first-order valence-corrected chi connectivity index (χ1v) is 9.90. The van der Waals surface area contributed by atoms with Gasteiger partial charge in [-0.3, -0.25) is 9.59 Å². The molecule has 0 unspecified atom stereocenters. The van der Waals surface area contributed by atoms with Crippen LogP contribution in [0.3, 0.4) is 0 Å². The number of aliphatic hydroxyl groups excluding tert-OH is 1. The van der Waals surface area contributed by atoms with Gasteiger partial charge in [-0.05, 0) is 49.1 Å². The van der Waals surface area contributed by atoms with E-state index < -0.39 is 6.10 Å². The largest absolute Gasteiger partial charge is 0.388 e. The van der Waals surface area contributed by atoms with Gasteiger partial charge in [0, 0.05) is 48.1 Å². The van der Waals surface area contributed by atoms with Crippen molar-refractivity contribution in [3.63, 3.8) is 0 Å². The molecule has 0 radical (unpaired) electrons. The van der Waals surface area contributed by atoms with E-state index in [2.05, 4.69) is 25.5 Å². The molecule has 1 aliphatic heterocycles. The summed E-state index contributed by atoms with van der Waals surface area (Å²) in [6.07, 6.45) is 3.58. The third-order valence-electron chi connectivity index (χ3n) is 9.72. The normalized spacial score (nSPS) is 61.8. The summed E-state index contributed by atoms with van der Waals surface area (Å²) in [5, 5.41) is 11.2. The molecular formula is C21H27NO3. The monoisotopic (exact) mass is 341 g/mol. The number of likely N-dealkylation sites (tertiary alicyclic amines) is 1. The summed E-state index contributed by atoms with van der Waals surface area (Å²) in [5.74, 6) is 1.26. The summed E-state index contributed by atoms with van der Waals surface area (Å²) in [6.45, 7) is 7.34. The molecule has 7 aliphatic rings. The first kappa shape index (κ1) is 15.1. The maximum absolute atomic E-state index is 13.4. The number of hydrogen-bond donors (Lipinski definition) is 1. The summed E-state index contributed by atoms with van der Waals surface area (Å²) in [6, 6.07) is 0.141. The van der Waals surface area contributed by atoms with Crippen LogP contribution in [0, 0.1) is 39.9 Å². The van der Waals surface area contributed by atoms with Crippen molar-refractivity contribution < 1.29 is 14.7 Å². The molecule has 1 heterocycles. The minimum atomic E-state index is -0.559.